The number of hydrogen-bond donors (Lipinski definition) is 1. The molecular formula is C17H28N2O2. The molecule has 0 fully saturated rings. The Labute approximate surface area is 128 Å². The minimum absolute atomic E-state index is 0.0181. The van der Waals surface area contributed by atoms with E-state index in [1.54, 1.807) is 7.11 Å². The van der Waals surface area contributed by atoms with Crippen molar-refractivity contribution in [3.63, 3.8) is 0 Å². The SMILES string of the molecule is COc1cccc(NC(=O)CN(CC(C)C)CC(C)C)c1. The Balaban J connectivity index is 2.59. The zero-order valence-corrected chi connectivity index (χ0v) is 13.8. The molecule has 1 N–H and O–H groups in total. The van der Waals surface area contributed by atoms with Crippen LogP contribution in [0.3, 0.4) is 0 Å². The monoisotopic (exact) mass is 292 g/mol. The van der Waals surface area contributed by atoms with E-state index in [0.29, 0.717) is 18.4 Å². The van der Waals surface area contributed by atoms with Gasteiger partial charge < -0.3 is 10.1 Å². The highest BCUT2D eigenvalue weighted by atomic mass is 16.5. The fourth-order valence-corrected chi connectivity index (χ4v) is 2.34. The molecule has 1 rings (SSSR count). The van der Waals surface area contributed by atoms with Crippen LogP contribution < -0.4 is 10.1 Å². The van der Waals surface area contributed by atoms with Gasteiger partial charge in [0.05, 0.1) is 13.7 Å². The van der Waals surface area contributed by atoms with Gasteiger partial charge in [-0.2, -0.15) is 0 Å². The van der Waals surface area contributed by atoms with E-state index < -0.39 is 0 Å². The van der Waals surface area contributed by atoms with Gasteiger partial charge in [0.1, 0.15) is 5.75 Å². The molecule has 1 aromatic rings. The van der Waals surface area contributed by atoms with Crippen molar-refractivity contribution < 1.29 is 9.53 Å². The van der Waals surface area contributed by atoms with Crippen LogP contribution in [0.2, 0.25) is 0 Å². The summed E-state index contributed by atoms with van der Waals surface area (Å²) in [6, 6.07) is 7.43. The van der Waals surface area contributed by atoms with Crippen LogP contribution in [0.4, 0.5) is 5.69 Å². The number of benzene rings is 1. The molecule has 0 bridgehead atoms. The number of anilines is 1. The first-order valence-electron chi connectivity index (χ1n) is 7.57. The lowest BCUT2D eigenvalue weighted by atomic mass is 10.1. The molecule has 0 aliphatic carbocycles. The third-order valence-electron chi connectivity index (χ3n) is 2.97. The Morgan fingerprint density at radius 1 is 1.19 bits per heavy atom. The zero-order chi connectivity index (χ0) is 15.8. The van der Waals surface area contributed by atoms with Gasteiger partial charge >= 0.3 is 0 Å². The highest BCUT2D eigenvalue weighted by Gasteiger charge is 2.14. The Morgan fingerprint density at radius 3 is 2.33 bits per heavy atom. The first-order valence-corrected chi connectivity index (χ1v) is 7.57. The molecule has 4 nitrogen and oxygen atoms in total. The third kappa shape index (κ3) is 7.14. The molecule has 118 valence electrons. The van der Waals surface area contributed by atoms with Gasteiger partial charge in [0.15, 0.2) is 0 Å². The molecule has 0 aliphatic rings. The first-order chi connectivity index (χ1) is 9.90. The highest BCUT2D eigenvalue weighted by molar-refractivity contribution is 5.92. The maximum absolute atomic E-state index is 12.2. The summed E-state index contributed by atoms with van der Waals surface area (Å²) in [5.74, 6) is 1.86. The van der Waals surface area contributed by atoms with Crippen molar-refractivity contribution in [3.05, 3.63) is 24.3 Å². The smallest absolute Gasteiger partial charge is 0.238 e. The molecule has 0 radical (unpaired) electrons. The van der Waals surface area contributed by atoms with Crippen molar-refractivity contribution in [2.24, 2.45) is 11.8 Å². The van der Waals surface area contributed by atoms with E-state index in [0.717, 1.165) is 24.5 Å². The lowest BCUT2D eigenvalue weighted by Crippen LogP contribution is -2.38. The van der Waals surface area contributed by atoms with Crippen LogP contribution in [0.25, 0.3) is 0 Å². The summed E-state index contributed by atoms with van der Waals surface area (Å²) in [5.41, 5.74) is 0.772. The van der Waals surface area contributed by atoms with Gasteiger partial charge in [-0.25, -0.2) is 0 Å². The Hall–Kier alpha value is -1.55. The molecule has 0 saturated heterocycles. The van der Waals surface area contributed by atoms with E-state index in [2.05, 4.69) is 37.9 Å². The van der Waals surface area contributed by atoms with E-state index in [-0.39, 0.29) is 5.91 Å². The van der Waals surface area contributed by atoms with Gasteiger partial charge in [-0.1, -0.05) is 33.8 Å². The van der Waals surface area contributed by atoms with Crippen LogP contribution in [0, 0.1) is 11.8 Å². The predicted molar refractivity (Wildman–Crippen MR) is 87.7 cm³/mol. The van der Waals surface area contributed by atoms with Crippen molar-refractivity contribution in [1.29, 1.82) is 0 Å². The molecule has 0 unspecified atom stereocenters. The summed E-state index contributed by atoms with van der Waals surface area (Å²) in [6.45, 7) is 11.0. The number of nitrogens with one attached hydrogen (secondary N) is 1. The Morgan fingerprint density at radius 2 is 1.81 bits per heavy atom. The molecule has 21 heavy (non-hydrogen) atoms. The summed E-state index contributed by atoms with van der Waals surface area (Å²) < 4.78 is 5.16. The molecule has 4 heteroatoms. The van der Waals surface area contributed by atoms with E-state index in [9.17, 15) is 4.79 Å². The Kier molecular flexibility index (Phi) is 7.23. The van der Waals surface area contributed by atoms with E-state index in [4.69, 9.17) is 4.74 Å². The molecule has 1 amide bonds. The molecule has 1 aromatic carbocycles. The summed E-state index contributed by atoms with van der Waals surface area (Å²) in [4.78, 5) is 14.4. The standard InChI is InChI=1S/C17H28N2O2/c1-13(2)10-19(11-14(3)4)12-17(20)18-15-7-6-8-16(9-15)21-5/h6-9,13-14H,10-12H2,1-5H3,(H,18,20). The van der Waals surface area contributed by atoms with Gasteiger partial charge in [-0.05, 0) is 24.0 Å². The van der Waals surface area contributed by atoms with Gasteiger partial charge in [0.2, 0.25) is 5.91 Å². The summed E-state index contributed by atoms with van der Waals surface area (Å²) >= 11 is 0. The second-order valence-electron chi connectivity index (χ2n) is 6.26. The second-order valence-corrected chi connectivity index (χ2v) is 6.26. The van der Waals surface area contributed by atoms with Crippen molar-refractivity contribution in [2.45, 2.75) is 27.7 Å². The topological polar surface area (TPSA) is 41.6 Å². The lowest BCUT2D eigenvalue weighted by Gasteiger charge is -2.25. The van der Waals surface area contributed by atoms with Crippen molar-refractivity contribution in [1.82, 2.24) is 4.90 Å². The molecule has 0 heterocycles. The quantitative estimate of drug-likeness (QED) is 0.799. The molecule has 0 saturated carbocycles. The molecule has 0 atom stereocenters. The first kappa shape index (κ1) is 17.5. The minimum Gasteiger partial charge on any atom is -0.497 e. The normalized spacial score (nSPS) is 11.2. The number of hydrogen-bond acceptors (Lipinski definition) is 3. The number of carbonyl (C=O) groups excluding carboxylic acids is 1. The van der Waals surface area contributed by atoms with E-state index in [1.807, 2.05) is 24.3 Å². The van der Waals surface area contributed by atoms with Gasteiger partial charge in [0, 0.05) is 24.8 Å². The van der Waals surface area contributed by atoms with Crippen LogP contribution in [-0.2, 0) is 4.79 Å². The highest BCUT2D eigenvalue weighted by Crippen LogP contribution is 2.16. The summed E-state index contributed by atoms with van der Waals surface area (Å²) in [5, 5.41) is 2.93. The fourth-order valence-electron chi connectivity index (χ4n) is 2.34. The van der Waals surface area contributed by atoms with E-state index >= 15 is 0 Å². The van der Waals surface area contributed by atoms with Crippen LogP contribution >= 0.6 is 0 Å². The van der Waals surface area contributed by atoms with Gasteiger partial charge in [-0.3, -0.25) is 9.69 Å². The third-order valence-corrected chi connectivity index (χ3v) is 2.97. The maximum atomic E-state index is 12.2. The number of amides is 1. The summed E-state index contributed by atoms with van der Waals surface area (Å²) in [7, 11) is 1.62. The second kappa shape index (κ2) is 8.67. The van der Waals surface area contributed by atoms with Crippen LogP contribution in [0.1, 0.15) is 27.7 Å². The van der Waals surface area contributed by atoms with Crippen LogP contribution in [-0.4, -0.2) is 37.6 Å². The van der Waals surface area contributed by atoms with Crippen molar-refractivity contribution >= 4 is 11.6 Å². The van der Waals surface area contributed by atoms with Crippen LogP contribution in [0.5, 0.6) is 5.75 Å². The fraction of sp³-hybridized carbons (Fsp3) is 0.588. The molecule has 0 aliphatic heterocycles. The number of rotatable bonds is 8. The Bertz CT molecular complexity index is 434. The number of carbonyl (C=O) groups is 1. The van der Waals surface area contributed by atoms with Crippen molar-refractivity contribution in [3.8, 4) is 5.75 Å². The predicted octanol–water partition coefficient (Wildman–Crippen LogP) is 3.25. The zero-order valence-electron chi connectivity index (χ0n) is 13.8. The number of nitrogens with zero attached hydrogens (tertiary/aromatic N) is 1. The van der Waals surface area contributed by atoms with E-state index in [1.165, 1.54) is 0 Å². The minimum atomic E-state index is 0.0181. The average molecular weight is 292 g/mol. The number of ether oxygens (including phenoxy) is 1. The number of methoxy groups -OCH3 is 1. The maximum Gasteiger partial charge on any atom is 0.238 e. The molecular weight excluding hydrogens is 264 g/mol. The van der Waals surface area contributed by atoms with Crippen molar-refractivity contribution in [2.75, 3.05) is 32.1 Å². The molecule has 0 aromatic heterocycles. The summed E-state index contributed by atoms with van der Waals surface area (Å²) in [6.07, 6.45) is 0. The average Bonchev–Trinajstić information content (AvgIpc) is 2.37. The van der Waals surface area contributed by atoms with Gasteiger partial charge in [0.25, 0.3) is 0 Å². The largest absolute Gasteiger partial charge is 0.497 e. The lowest BCUT2D eigenvalue weighted by molar-refractivity contribution is -0.117. The van der Waals surface area contributed by atoms with Gasteiger partial charge in [-0.15, -0.1) is 0 Å². The molecule has 0 spiro atoms. The van der Waals surface area contributed by atoms with Crippen LogP contribution in [0.15, 0.2) is 24.3 Å².